The van der Waals surface area contributed by atoms with Crippen LogP contribution in [0.25, 0.3) is 0 Å². The molecule has 1 heterocycles. The van der Waals surface area contributed by atoms with Crippen LogP contribution in [0.2, 0.25) is 0 Å². The number of carbonyl (C=O) groups excluding carboxylic acids is 1. The molecule has 5 nitrogen and oxygen atoms in total. The van der Waals surface area contributed by atoms with Gasteiger partial charge in [0.2, 0.25) is 5.78 Å². The first kappa shape index (κ1) is 18.1. The zero-order valence-corrected chi connectivity index (χ0v) is 15.1. The molecule has 3 aromatic rings. The number of nitrogens with zero attached hydrogens (tertiary/aromatic N) is 1. The first-order valence-electron chi connectivity index (χ1n) is 8.19. The lowest BCUT2D eigenvalue weighted by Gasteiger charge is -2.11. The summed E-state index contributed by atoms with van der Waals surface area (Å²) in [6.07, 6.45) is 1.74. The van der Waals surface area contributed by atoms with Gasteiger partial charge in [0, 0.05) is 18.3 Å². The van der Waals surface area contributed by atoms with Crippen molar-refractivity contribution in [3.63, 3.8) is 0 Å². The van der Waals surface area contributed by atoms with Crippen LogP contribution in [0, 0.1) is 6.92 Å². The third kappa shape index (κ3) is 3.92. The minimum atomic E-state index is -3.83. The van der Waals surface area contributed by atoms with Gasteiger partial charge in [0.25, 0.3) is 10.1 Å². The van der Waals surface area contributed by atoms with Gasteiger partial charge in [0.15, 0.2) is 0 Å². The molecule has 0 spiro atoms. The molecule has 0 saturated heterocycles. The Morgan fingerprint density at radius 3 is 2.38 bits per heavy atom. The van der Waals surface area contributed by atoms with E-state index in [1.807, 2.05) is 6.07 Å². The molecular formula is C20H19NO4S. The van der Waals surface area contributed by atoms with E-state index in [9.17, 15) is 13.2 Å². The van der Waals surface area contributed by atoms with Gasteiger partial charge in [-0.25, -0.2) is 0 Å². The Kier molecular flexibility index (Phi) is 5.35. The average Bonchev–Trinajstić information content (AvgIpc) is 3.10. The summed E-state index contributed by atoms with van der Waals surface area (Å²) < 4.78 is 31.5. The molecule has 0 fully saturated rings. The number of benzene rings is 2. The molecule has 134 valence electrons. The van der Waals surface area contributed by atoms with Gasteiger partial charge in [0.05, 0.1) is 17.2 Å². The SMILES string of the molecule is Cc1ccccc1S(=O)(=O)OCCn1cccc1C(=O)c1ccccc1. The van der Waals surface area contributed by atoms with Gasteiger partial charge < -0.3 is 4.57 Å². The molecule has 2 aromatic carbocycles. The Balaban J connectivity index is 1.69. The van der Waals surface area contributed by atoms with Crippen molar-refractivity contribution >= 4 is 15.9 Å². The summed E-state index contributed by atoms with van der Waals surface area (Å²) in [4.78, 5) is 12.7. The lowest BCUT2D eigenvalue weighted by Crippen LogP contribution is -2.16. The normalized spacial score (nSPS) is 11.4. The Hall–Kier alpha value is -2.70. The fraction of sp³-hybridized carbons (Fsp3) is 0.150. The van der Waals surface area contributed by atoms with Gasteiger partial charge in [-0.15, -0.1) is 0 Å². The second-order valence-electron chi connectivity index (χ2n) is 5.82. The van der Waals surface area contributed by atoms with Crippen molar-refractivity contribution in [1.29, 1.82) is 0 Å². The van der Waals surface area contributed by atoms with Crippen LogP contribution in [0.4, 0.5) is 0 Å². The molecule has 0 bridgehead atoms. The molecule has 0 aliphatic carbocycles. The highest BCUT2D eigenvalue weighted by molar-refractivity contribution is 7.86. The predicted octanol–water partition coefficient (Wildman–Crippen LogP) is 3.43. The number of aryl methyl sites for hydroxylation is 1. The Morgan fingerprint density at radius 1 is 0.962 bits per heavy atom. The van der Waals surface area contributed by atoms with E-state index in [2.05, 4.69) is 0 Å². The molecule has 0 aliphatic heterocycles. The highest BCUT2D eigenvalue weighted by Crippen LogP contribution is 2.17. The second-order valence-corrected chi connectivity index (χ2v) is 7.41. The molecule has 0 aliphatic rings. The molecule has 0 radical (unpaired) electrons. The van der Waals surface area contributed by atoms with Crippen molar-refractivity contribution in [1.82, 2.24) is 4.57 Å². The van der Waals surface area contributed by atoms with Crippen molar-refractivity contribution in [2.24, 2.45) is 0 Å². The molecule has 6 heteroatoms. The number of hydrogen-bond donors (Lipinski definition) is 0. The number of carbonyl (C=O) groups is 1. The zero-order valence-electron chi connectivity index (χ0n) is 14.3. The molecule has 0 saturated carbocycles. The van der Waals surface area contributed by atoms with E-state index < -0.39 is 10.1 Å². The summed E-state index contributed by atoms with van der Waals surface area (Å²) in [5.41, 5.74) is 1.71. The summed E-state index contributed by atoms with van der Waals surface area (Å²) in [6, 6.07) is 19.1. The Morgan fingerprint density at radius 2 is 1.65 bits per heavy atom. The summed E-state index contributed by atoms with van der Waals surface area (Å²) in [5.74, 6) is -0.114. The van der Waals surface area contributed by atoms with Crippen LogP contribution >= 0.6 is 0 Å². The van der Waals surface area contributed by atoms with E-state index in [4.69, 9.17) is 4.18 Å². The lowest BCUT2D eigenvalue weighted by atomic mass is 10.1. The van der Waals surface area contributed by atoms with E-state index in [0.717, 1.165) is 0 Å². The fourth-order valence-corrected chi connectivity index (χ4v) is 3.83. The third-order valence-electron chi connectivity index (χ3n) is 4.03. The van der Waals surface area contributed by atoms with Crippen LogP contribution in [0.1, 0.15) is 21.6 Å². The highest BCUT2D eigenvalue weighted by atomic mass is 32.2. The molecular weight excluding hydrogens is 350 g/mol. The number of ketones is 1. The maximum absolute atomic E-state index is 12.6. The molecule has 0 unspecified atom stereocenters. The van der Waals surface area contributed by atoms with Crippen LogP contribution in [-0.4, -0.2) is 25.4 Å². The summed E-state index contributed by atoms with van der Waals surface area (Å²) in [7, 11) is -3.83. The lowest BCUT2D eigenvalue weighted by molar-refractivity contribution is 0.102. The van der Waals surface area contributed by atoms with Gasteiger partial charge in [-0.2, -0.15) is 8.42 Å². The van der Waals surface area contributed by atoms with Crippen LogP contribution in [0.5, 0.6) is 0 Å². The van der Waals surface area contributed by atoms with Crippen molar-refractivity contribution < 1.29 is 17.4 Å². The van der Waals surface area contributed by atoms with Crippen LogP contribution < -0.4 is 0 Å². The topological polar surface area (TPSA) is 65.4 Å². The minimum Gasteiger partial charge on any atom is -0.342 e. The third-order valence-corrected chi connectivity index (χ3v) is 5.51. The zero-order chi connectivity index (χ0) is 18.6. The van der Waals surface area contributed by atoms with Gasteiger partial charge >= 0.3 is 0 Å². The Bertz CT molecular complexity index is 1010. The van der Waals surface area contributed by atoms with Crippen LogP contribution in [0.3, 0.4) is 0 Å². The van der Waals surface area contributed by atoms with E-state index in [1.165, 1.54) is 6.07 Å². The van der Waals surface area contributed by atoms with E-state index in [-0.39, 0.29) is 23.8 Å². The smallest absolute Gasteiger partial charge is 0.297 e. The molecule has 0 N–H and O–H groups in total. The summed E-state index contributed by atoms with van der Waals surface area (Å²) in [5, 5.41) is 0. The second kappa shape index (κ2) is 7.68. The number of rotatable bonds is 7. The number of hydrogen-bond acceptors (Lipinski definition) is 4. The van der Waals surface area contributed by atoms with Crippen LogP contribution in [0.15, 0.2) is 77.8 Å². The van der Waals surface area contributed by atoms with E-state index in [0.29, 0.717) is 16.8 Å². The quantitative estimate of drug-likeness (QED) is 0.473. The molecule has 0 amide bonds. The van der Waals surface area contributed by atoms with Gasteiger partial charge in [-0.05, 0) is 30.7 Å². The average molecular weight is 369 g/mol. The van der Waals surface area contributed by atoms with Crippen molar-refractivity contribution in [3.8, 4) is 0 Å². The van der Waals surface area contributed by atoms with Gasteiger partial charge in [-0.1, -0.05) is 48.5 Å². The minimum absolute atomic E-state index is 0.0551. The molecule has 3 rings (SSSR count). The summed E-state index contributed by atoms with van der Waals surface area (Å²) >= 11 is 0. The monoisotopic (exact) mass is 369 g/mol. The highest BCUT2D eigenvalue weighted by Gasteiger charge is 2.18. The maximum Gasteiger partial charge on any atom is 0.297 e. The first-order valence-corrected chi connectivity index (χ1v) is 9.60. The molecule has 26 heavy (non-hydrogen) atoms. The fourth-order valence-electron chi connectivity index (χ4n) is 2.70. The summed E-state index contributed by atoms with van der Waals surface area (Å²) in [6.45, 7) is 1.92. The predicted molar refractivity (Wildman–Crippen MR) is 98.6 cm³/mol. The van der Waals surface area contributed by atoms with Crippen LogP contribution in [-0.2, 0) is 20.8 Å². The molecule has 1 aromatic heterocycles. The van der Waals surface area contributed by atoms with E-state index >= 15 is 0 Å². The van der Waals surface area contributed by atoms with E-state index in [1.54, 1.807) is 72.3 Å². The van der Waals surface area contributed by atoms with Crippen molar-refractivity contribution in [3.05, 3.63) is 89.7 Å². The maximum atomic E-state index is 12.6. The Labute approximate surface area is 153 Å². The van der Waals surface area contributed by atoms with Gasteiger partial charge in [0.1, 0.15) is 0 Å². The molecule has 0 atom stereocenters. The van der Waals surface area contributed by atoms with Crippen molar-refractivity contribution in [2.75, 3.05) is 6.61 Å². The first-order chi connectivity index (χ1) is 12.5. The standard InChI is InChI=1S/C20H19NO4S/c1-16-8-5-6-12-19(16)26(23,24)25-15-14-21-13-7-11-18(21)20(22)17-9-3-2-4-10-17/h2-13H,14-15H2,1H3. The number of aromatic nitrogens is 1. The van der Waals surface area contributed by atoms with Gasteiger partial charge in [-0.3, -0.25) is 8.98 Å². The largest absolute Gasteiger partial charge is 0.342 e. The van der Waals surface area contributed by atoms with Crippen molar-refractivity contribution in [2.45, 2.75) is 18.4 Å².